The summed E-state index contributed by atoms with van der Waals surface area (Å²) in [6.07, 6.45) is 2.30. The van der Waals surface area contributed by atoms with Crippen LogP contribution < -0.4 is 10.1 Å². The first kappa shape index (κ1) is 24.3. The third-order valence-corrected chi connectivity index (χ3v) is 6.18. The van der Waals surface area contributed by atoms with Gasteiger partial charge >= 0.3 is 5.97 Å². The number of aryl methyl sites for hydroxylation is 2. The van der Waals surface area contributed by atoms with Gasteiger partial charge in [0.1, 0.15) is 5.75 Å². The molecular weight excluding hydrogens is 416 g/mol. The summed E-state index contributed by atoms with van der Waals surface area (Å²) in [6.45, 7) is 8.71. The highest BCUT2D eigenvalue weighted by Gasteiger charge is 2.63. The van der Waals surface area contributed by atoms with E-state index >= 15 is 0 Å². The number of rotatable bonds is 7. The summed E-state index contributed by atoms with van der Waals surface area (Å²) in [5.41, 5.74) is 4.06. The van der Waals surface area contributed by atoms with Crippen molar-refractivity contribution in [1.82, 2.24) is 0 Å². The van der Waals surface area contributed by atoms with Crippen LogP contribution in [-0.4, -0.2) is 25.1 Å². The topological polar surface area (TPSA) is 88.4 Å². The van der Waals surface area contributed by atoms with Crippen LogP contribution in [0.4, 0.5) is 5.69 Å². The maximum atomic E-state index is 13.1. The van der Waals surface area contributed by atoms with Crippen molar-refractivity contribution >= 4 is 17.6 Å². The lowest BCUT2D eigenvalue weighted by Crippen LogP contribution is -2.23. The van der Waals surface area contributed by atoms with Crippen LogP contribution in [0.15, 0.2) is 36.4 Å². The van der Waals surface area contributed by atoms with Gasteiger partial charge in [-0.05, 0) is 56.9 Å². The summed E-state index contributed by atoms with van der Waals surface area (Å²) in [5, 5.41) is 12.3. The van der Waals surface area contributed by atoms with Crippen LogP contribution >= 0.6 is 0 Å². The fourth-order valence-corrected chi connectivity index (χ4v) is 4.41. The van der Waals surface area contributed by atoms with Gasteiger partial charge in [-0.1, -0.05) is 37.6 Å². The number of carbonyl (C=O) groups excluding carboxylic acids is 2. The molecule has 1 heterocycles. The SMILES string of the molecule is CC.CCOC(=O)CCCc1ccc(C#N)cc1NC(=O)C1CC12COc1ccc(C)cc12. The number of fused-ring (bicyclic) bond motifs is 2. The Labute approximate surface area is 195 Å². The predicted octanol–water partition coefficient (Wildman–Crippen LogP) is 5.07. The largest absolute Gasteiger partial charge is 0.492 e. The van der Waals surface area contributed by atoms with E-state index in [2.05, 4.69) is 17.5 Å². The normalized spacial score (nSPS) is 19.4. The number of hydrogen-bond acceptors (Lipinski definition) is 5. The molecule has 0 aromatic heterocycles. The molecule has 1 saturated carbocycles. The highest BCUT2D eigenvalue weighted by atomic mass is 16.5. The van der Waals surface area contributed by atoms with Crippen LogP contribution in [0.25, 0.3) is 0 Å². The molecule has 2 aromatic rings. The van der Waals surface area contributed by atoms with Gasteiger partial charge in [-0.25, -0.2) is 0 Å². The van der Waals surface area contributed by atoms with E-state index in [0.717, 1.165) is 28.9 Å². The smallest absolute Gasteiger partial charge is 0.305 e. The highest BCUT2D eigenvalue weighted by molar-refractivity contribution is 5.97. The second-order valence-electron chi connectivity index (χ2n) is 8.33. The standard InChI is InChI=1S/C25H26N2O4.C2H6/c1-3-30-23(28)6-4-5-18-9-8-17(14-26)12-21(18)27-24(29)20-13-25(20)15-31-22-10-7-16(2)11-19(22)25;1-2/h7-12,20H,3-6,13,15H2,1-2H3,(H,27,29);1-2H3. The van der Waals surface area contributed by atoms with E-state index in [4.69, 9.17) is 9.47 Å². The molecule has 1 N–H and O–H groups in total. The van der Waals surface area contributed by atoms with Crippen LogP contribution in [0.2, 0.25) is 0 Å². The number of ether oxygens (including phenoxy) is 2. The third kappa shape index (κ3) is 5.19. The van der Waals surface area contributed by atoms with Gasteiger partial charge in [-0.2, -0.15) is 5.26 Å². The van der Waals surface area contributed by atoms with E-state index in [1.807, 2.05) is 39.0 Å². The minimum Gasteiger partial charge on any atom is -0.492 e. The summed E-state index contributed by atoms with van der Waals surface area (Å²) >= 11 is 0. The number of nitriles is 1. The number of esters is 1. The van der Waals surface area contributed by atoms with Crippen molar-refractivity contribution in [2.75, 3.05) is 18.5 Å². The van der Waals surface area contributed by atoms with Crippen LogP contribution in [0.1, 0.15) is 62.3 Å². The van der Waals surface area contributed by atoms with E-state index in [1.54, 1.807) is 19.1 Å². The first-order chi connectivity index (χ1) is 16.0. The lowest BCUT2D eigenvalue weighted by Gasteiger charge is -2.13. The van der Waals surface area contributed by atoms with Gasteiger partial charge in [-0.3, -0.25) is 9.59 Å². The highest BCUT2D eigenvalue weighted by Crippen LogP contribution is 2.60. The monoisotopic (exact) mass is 448 g/mol. The van der Waals surface area contributed by atoms with Crippen molar-refractivity contribution in [2.24, 2.45) is 5.92 Å². The summed E-state index contributed by atoms with van der Waals surface area (Å²) in [5.74, 6) is 0.428. The first-order valence-electron chi connectivity index (χ1n) is 11.7. The first-order valence-corrected chi connectivity index (χ1v) is 11.7. The molecule has 1 spiro atoms. The average molecular weight is 449 g/mol. The van der Waals surface area contributed by atoms with Crippen molar-refractivity contribution in [3.05, 3.63) is 58.7 Å². The van der Waals surface area contributed by atoms with Crippen LogP contribution in [0, 0.1) is 24.2 Å². The maximum Gasteiger partial charge on any atom is 0.305 e. The molecule has 1 aliphatic carbocycles. The van der Waals surface area contributed by atoms with Crippen molar-refractivity contribution in [3.8, 4) is 11.8 Å². The molecule has 1 fully saturated rings. The molecule has 6 heteroatoms. The van der Waals surface area contributed by atoms with E-state index < -0.39 is 0 Å². The summed E-state index contributed by atoms with van der Waals surface area (Å²) < 4.78 is 10.8. The van der Waals surface area contributed by atoms with Crippen molar-refractivity contribution in [2.45, 2.75) is 58.8 Å². The summed E-state index contributed by atoms with van der Waals surface area (Å²) in [6, 6.07) is 13.5. The number of amides is 1. The van der Waals surface area contributed by atoms with Crippen molar-refractivity contribution < 1.29 is 19.1 Å². The zero-order valence-electron chi connectivity index (χ0n) is 19.9. The van der Waals surface area contributed by atoms with Crippen LogP contribution in [-0.2, 0) is 26.2 Å². The predicted molar refractivity (Wildman–Crippen MR) is 127 cm³/mol. The molecule has 2 aromatic carbocycles. The van der Waals surface area contributed by atoms with Gasteiger partial charge in [-0.15, -0.1) is 0 Å². The van der Waals surface area contributed by atoms with Gasteiger partial charge in [0.15, 0.2) is 0 Å². The number of carbonyl (C=O) groups is 2. The number of hydrogen-bond donors (Lipinski definition) is 1. The lowest BCUT2D eigenvalue weighted by atomic mass is 9.94. The maximum absolute atomic E-state index is 13.1. The minimum atomic E-state index is -0.248. The quantitative estimate of drug-likeness (QED) is 0.598. The zero-order chi connectivity index (χ0) is 24.0. The number of benzene rings is 2. The van der Waals surface area contributed by atoms with Gasteiger partial charge in [0.25, 0.3) is 0 Å². The number of nitrogens with one attached hydrogen (secondary N) is 1. The van der Waals surface area contributed by atoms with E-state index in [9.17, 15) is 14.9 Å². The Morgan fingerprint density at radius 2 is 2.03 bits per heavy atom. The minimum absolute atomic E-state index is 0.0558. The van der Waals surface area contributed by atoms with Gasteiger partial charge < -0.3 is 14.8 Å². The Morgan fingerprint density at radius 1 is 1.24 bits per heavy atom. The number of anilines is 1. The molecule has 174 valence electrons. The van der Waals surface area contributed by atoms with Crippen molar-refractivity contribution in [1.29, 1.82) is 5.26 Å². The average Bonchev–Trinajstić information content (AvgIpc) is 3.46. The molecule has 2 unspecified atom stereocenters. The second-order valence-corrected chi connectivity index (χ2v) is 8.33. The summed E-state index contributed by atoms with van der Waals surface area (Å²) in [4.78, 5) is 24.7. The van der Waals surface area contributed by atoms with Gasteiger partial charge in [0, 0.05) is 23.1 Å². The van der Waals surface area contributed by atoms with E-state index in [-0.39, 0.29) is 23.2 Å². The molecule has 2 aliphatic rings. The zero-order valence-corrected chi connectivity index (χ0v) is 19.9. The molecule has 1 amide bonds. The molecule has 4 rings (SSSR count). The Bertz CT molecular complexity index is 1070. The molecule has 33 heavy (non-hydrogen) atoms. The fourth-order valence-electron chi connectivity index (χ4n) is 4.41. The van der Waals surface area contributed by atoms with E-state index in [0.29, 0.717) is 43.7 Å². The van der Waals surface area contributed by atoms with Crippen LogP contribution in [0.5, 0.6) is 5.75 Å². The van der Waals surface area contributed by atoms with E-state index in [1.165, 1.54) is 0 Å². The summed E-state index contributed by atoms with van der Waals surface area (Å²) in [7, 11) is 0. The number of nitrogens with zero attached hydrogens (tertiary/aromatic N) is 1. The molecule has 1 aliphatic heterocycles. The third-order valence-electron chi connectivity index (χ3n) is 6.18. The lowest BCUT2D eigenvalue weighted by molar-refractivity contribution is -0.143. The molecular formula is C27H32N2O4. The Balaban J connectivity index is 0.00000149. The van der Waals surface area contributed by atoms with Crippen LogP contribution in [0.3, 0.4) is 0 Å². The molecule has 2 atom stereocenters. The Morgan fingerprint density at radius 3 is 2.76 bits per heavy atom. The molecule has 0 saturated heterocycles. The van der Waals surface area contributed by atoms with Gasteiger partial charge in [0.2, 0.25) is 5.91 Å². The fraction of sp³-hybridized carbons (Fsp3) is 0.444. The second kappa shape index (κ2) is 10.5. The van der Waals surface area contributed by atoms with Gasteiger partial charge in [0.05, 0.1) is 30.8 Å². The molecule has 6 nitrogen and oxygen atoms in total. The van der Waals surface area contributed by atoms with Crippen molar-refractivity contribution in [3.63, 3.8) is 0 Å². The Kier molecular flexibility index (Phi) is 7.75. The molecule has 0 radical (unpaired) electrons. The Hall–Kier alpha value is -3.33. The molecule has 0 bridgehead atoms.